The number of rotatable bonds is 7. The molecule has 2 aliphatic heterocycles. The second-order valence-corrected chi connectivity index (χ2v) is 9.82. The van der Waals surface area contributed by atoms with Crippen LogP contribution in [0.4, 0.5) is 24.5 Å². The normalized spacial score (nSPS) is 21.1. The Morgan fingerprint density at radius 1 is 1.16 bits per heavy atom. The molecule has 0 radical (unpaired) electrons. The van der Waals surface area contributed by atoms with Gasteiger partial charge in [0.05, 0.1) is 16.9 Å². The van der Waals surface area contributed by atoms with Crippen LogP contribution in [-0.2, 0) is 11.0 Å². The summed E-state index contributed by atoms with van der Waals surface area (Å²) in [4.78, 5) is 29.1. The molecule has 2 fully saturated rings. The number of hydrogen-bond donors (Lipinski definition) is 1. The van der Waals surface area contributed by atoms with E-state index in [9.17, 15) is 28.1 Å². The van der Waals surface area contributed by atoms with Crippen molar-refractivity contribution < 1.29 is 22.9 Å². The van der Waals surface area contributed by atoms with Crippen molar-refractivity contribution in [3.05, 3.63) is 57.8 Å². The summed E-state index contributed by atoms with van der Waals surface area (Å²) >= 11 is 0. The fourth-order valence-electron chi connectivity index (χ4n) is 5.10. The molecule has 2 heterocycles. The van der Waals surface area contributed by atoms with Crippen molar-refractivity contribution in [2.45, 2.75) is 37.9 Å². The monoisotopic (exact) mass is 532 g/mol. The number of piperidine rings is 1. The fraction of sp³-hybridized carbons (Fsp3) is 0.538. The van der Waals surface area contributed by atoms with E-state index in [4.69, 9.17) is 5.26 Å². The first kappa shape index (κ1) is 27.4. The van der Waals surface area contributed by atoms with E-state index >= 15 is 0 Å². The van der Waals surface area contributed by atoms with Gasteiger partial charge in [0.25, 0.3) is 5.69 Å². The van der Waals surface area contributed by atoms with Crippen LogP contribution in [0.3, 0.4) is 0 Å². The Labute approximate surface area is 219 Å². The van der Waals surface area contributed by atoms with Crippen LogP contribution in [0.2, 0.25) is 0 Å². The molecule has 1 aromatic rings. The number of nitro benzene ring substituents is 1. The first-order valence-electron chi connectivity index (χ1n) is 12.8. The summed E-state index contributed by atoms with van der Waals surface area (Å²) in [5.41, 5.74) is -0.912. The highest BCUT2D eigenvalue weighted by molar-refractivity contribution is 5.76. The van der Waals surface area contributed by atoms with Crippen molar-refractivity contribution in [3.63, 3.8) is 0 Å². The van der Waals surface area contributed by atoms with Crippen LogP contribution in [-0.4, -0.2) is 77.4 Å². The number of allylic oxidation sites excluding steroid dienone is 3. The predicted octanol–water partition coefficient (Wildman–Crippen LogP) is 4.01. The molecule has 1 aliphatic carbocycles. The van der Waals surface area contributed by atoms with Gasteiger partial charge >= 0.3 is 6.18 Å². The topological polar surface area (TPSA) is 106 Å². The smallest absolute Gasteiger partial charge is 0.382 e. The summed E-state index contributed by atoms with van der Waals surface area (Å²) in [5, 5.41) is 23.0. The maximum Gasteiger partial charge on any atom is 0.423 e. The summed E-state index contributed by atoms with van der Waals surface area (Å²) in [6, 6.07) is 5.07. The van der Waals surface area contributed by atoms with E-state index in [0.717, 1.165) is 50.4 Å². The number of benzene rings is 1. The highest BCUT2D eigenvalue weighted by Gasteiger charge is 2.38. The molecule has 1 atom stereocenters. The summed E-state index contributed by atoms with van der Waals surface area (Å²) in [6.07, 6.45) is 3.58. The third-order valence-corrected chi connectivity index (χ3v) is 7.34. The van der Waals surface area contributed by atoms with E-state index in [1.807, 2.05) is 12.2 Å². The Morgan fingerprint density at radius 3 is 2.45 bits per heavy atom. The van der Waals surface area contributed by atoms with Gasteiger partial charge in [0.2, 0.25) is 5.91 Å². The molecule has 3 aliphatic rings. The number of hydrogen-bond acceptors (Lipinski definition) is 7. The van der Waals surface area contributed by atoms with E-state index in [-0.39, 0.29) is 23.6 Å². The van der Waals surface area contributed by atoms with Crippen molar-refractivity contribution >= 4 is 17.3 Å². The van der Waals surface area contributed by atoms with Crippen LogP contribution in [0.25, 0.3) is 0 Å². The fourth-order valence-corrected chi connectivity index (χ4v) is 5.10. The molecule has 204 valence electrons. The first-order chi connectivity index (χ1) is 18.1. The second-order valence-electron chi connectivity index (χ2n) is 9.82. The Balaban J connectivity index is 1.19. The van der Waals surface area contributed by atoms with Crippen LogP contribution >= 0.6 is 0 Å². The van der Waals surface area contributed by atoms with Crippen molar-refractivity contribution in [1.29, 1.82) is 5.26 Å². The summed E-state index contributed by atoms with van der Waals surface area (Å²) < 4.78 is 39.7. The van der Waals surface area contributed by atoms with Crippen molar-refractivity contribution in [2.75, 3.05) is 51.1 Å². The standard InChI is InChI=1S/C26H31F3N6O3/c27-26(28,29)23-17-21(3-6-24(23)35(37)38)31-20-7-11-34(12-8-20)25(36)9-10-32-13-15-33(16-14-32)22-4-1-19(18-30)2-5-22/h1,3-6,17,19-20,31H,2,7-16H2. The van der Waals surface area contributed by atoms with Gasteiger partial charge in [0, 0.05) is 75.7 Å². The molecule has 1 unspecified atom stereocenters. The molecule has 1 amide bonds. The molecular weight excluding hydrogens is 501 g/mol. The predicted molar refractivity (Wildman–Crippen MR) is 135 cm³/mol. The van der Waals surface area contributed by atoms with E-state index in [1.54, 1.807) is 4.90 Å². The van der Waals surface area contributed by atoms with Crippen LogP contribution < -0.4 is 5.32 Å². The number of amides is 1. The molecule has 0 spiro atoms. The minimum atomic E-state index is -4.83. The number of anilines is 1. The lowest BCUT2D eigenvalue weighted by molar-refractivity contribution is -0.388. The van der Waals surface area contributed by atoms with Gasteiger partial charge in [-0.15, -0.1) is 0 Å². The van der Waals surface area contributed by atoms with E-state index in [0.29, 0.717) is 38.9 Å². The lowest BCUT2D eigenvalue weighted by atomic mass is 10.0. The Kier molecular flexibility index (Phi) is 8.56. The van der Waals surface area contributed by atoms with Crippen LogP contribution in [0.15, 0.2) is 42.1 Å². The highest BCUT2D eigenvalue weighted by Crippen LogP contribution is 2.38. The van der Waals surface area contributed by atoms with Crippen LogP contribution in [0.1, 0.15) is 31.2 Å². The quantitative estimate of drug-likeness (QED) is 0.418. The lowest BCUT2D eigenvalue weighted by Gasteiger charge is -2.38. The van der Waals surface area contributed by atoms with Gasteiger partial charge in [-0.1, -0.05) is 12.2 Å². The van der Waals surface area contributed by atoms with Gasteiger partial charge < -0.3 is 15.1 Å². The van der Waals surface area contributed by atoms with Crippen LogP contribution in [0, 0.1) is 27.4 Å². The molecular formula is C26H31F3N6O3. The molecule has 0 aromatic heterocycles. The molecule has 38 heavy (non-hydrogen) atoms. The molecule has 0 saturated carbocycles. The minimum absolute atomic E-state index is 0.0449. The summed E-state index contributed by atoms with van der Waals surface area (Å²) in [7, 11) is 0. The largest absolute Gasteiger partial charge is 0.423 e. The zero-order chi connectivity index (χ0) is 27.3. The van der Waals surface area contributed by atoms with Gasteiger partial charge in [-0.25, -0.2) is 0 Å². The number of nitrogens with zero attached hydrogens (tertiary/aromatic N) is 5. The van der Waals surface area contributed by atoms with E-state index in [2.05, 4.69) is 27.3 Å². The highest BCUT2D eigenvalue weighted by atomic mass is 19.4. The van der Waals surface area contributed by atoms with Gasteiger partial charge in [0.15, 0.2) is 0 Å². The molecule has 1 N–H and O–H groups in total. The van der Waals surface area contributed by atoms with E-state index in [1.165, 1.54) is 6.07 Å². The van der Waals surface area contributed by atoms with Crippen LogP contribution in [0.5, 0.6) is 0 Å². The number of halogens is 3. The van der Waals surface area contributed by atoms with Gasteiger partial charge in [0.1, 0.15) is 5.56 Å². The molecule has 12 heteroatoms. The zero-order valence-corrected chi connectivity index (χ0v) is 21.0. The number of alkyl halides is 3. The Bertz CT molecular complexity index is 1130. The number of piperazine rings is 1. The Morgan fingerprint density at radius 2 is 1.87 bits per heavy atom. The number of carbonyl (C=O) groups excluding carboxylic acids is 1. The average Bonchev–Trinajstić information content (AvgIpc) is 2.92. The van der Waals surface area contributed by atoms with Gasteiger partial charge in [-0.2, -0.15) is 18.4 Å². The first-order valence-corrected chi connectivity index (χ1v) is 12.8. The van der Waals surface area contributed by atoms with Crippen molar-refractivity contribution in [3.8, 4) is 6.07 Å². The number of likely N-dealkylation sites (tertiary alicyclic amines) is 1. The number of nitrogens with one attached hydrogen (secondary N) is 1. The average molecular weight is 533 g/mol. The Hall–Kier alpha value is -3.59. The lowest BCUT2D eigenvalue weighted by Crippen LogP contribution is -2.47. The SMILES string of the molecule is N#CC1C=CC(N2CCN(CCC(=O)N3CCC(Nc4ccc([N+](=O)[O-])c(C(F)(F)F)c4)CC3)CC2)=CC1. The molecule has 9 nitrogen and oxygen atoms in total. The van der Waals surface area contributed by atoms with Gasteiger partial charge in [-0.05, 0) is 37.5 Å². The third kappa shape index (κ3) is 6.83. The molecule has 2 saturated heterocycles. The van der Waals surface area contributed by atoms with Crippen molar-refractivity contribution in [1.82, 2.24) is 14.7 Å². The molecule has 4 rings (SSSR count). The number of nitriles is 1. The molecule has 1 aromatic carbocycles. The van der Waals surface area contributed by atoms with Crippen molar-refractivity contribution in [2.24, 2.45) is 5.92 Å². The summed E-state index contributed by atoms with van der Waals surface area (Å²) in [6.45, 7) is 5.16. The maximum atomic E-state index is 13.2. The van der Waals surface area contributed by atoms with E-state index < -0.39 is 22.4 Å². The number of carbonyl (C=O) groups is 1. The maximum absolute atomic E-state index is 13.2. The minimum Gasteiger partial charge on any atom is -0.382 e. The summed E-state index contributed by atoms with van der Waals surface area (Å²) in [5.74, 6) is 0.0255. The molecule has 0 bridgehead atoms. The number of nitro groups is 1. The zero-order valence-electron chi connectivity index (χ0n) is 21.0. The third-order valence-electron chi connectivity index (χ3n) is 7.34. The second kappa shape index (κ2) is 11.9. The van der Waals surface area contributed by atoms with Gasteiger partial charge in [-0.3, -0.25) is 19.8 Å².